The monoisotopic (exact) mass is 486 g/mol. The van der Waals surface area contributed by atoms with E-state index in [9.17, 15) is 17.6 Å². The van der Waals surface area contributed by atoms with Crippen LogP contribution in [-0.2, 0) is 14.6 Å². The van der Waals surface area contributed by atoms with E-state index >= 15 is 0 Å². The van der Waals surface area contributed by atoms with Crippen LogP contribution in [0.1, 0.15) is 29.7 Å². The molecule has 0 aliphatic carbocycles. The zero-order valence-electron chi connectivity index (χ0n) is 18.4. The predicted molar refractivity (Wildman–Crippen MR) is 127 cm³/mol. The second kappa shape index (κ2) is 9.03. The van der Waals surface area contributed by atoms with Crippen LogP contribution in [0.5, 0.6) is 0 Å². The summed E-state index contributed by atoms with van der Waals surface area (Å²) in [6, 6.07) is 10.5. The fourth-order valence-corrected chi connectivity index (χ4v) is 5.70. The normalized spacial score (nSPS) is 11.8. The number of aryl methyl sites for hydroxylation is 3. The van der Waals surface area contributed by atoms with Crippen molar-refractivity contribution in [3.63, 3.8) is 0 Å². The highest BCUT2D eigenvalue weighted by molar-refractivity contribution is 7.91. The number of hydrogen-bond donors (Lipinski definition) is 1. The van der Waals surface area contributed by atoms with Gasteiger partial charge < -0.3 is 5.32 Å². The first kappa shape index (κ1) is 23.1. The van der Waals surface area contributed by atoms with E-state index in [0.717, 1.165) is 33.6 Å². The standard InChI is InChI=1S/C23H23FN4O3S2/c1-14-11-19-20(12-15(14)2)32-23(25-19)28-21(13-16(3)27-28)26-22(29)5-4-10-33(30,31)18-8-6-17(24)7-9-18/h6-9,11-13H,4-5,10H2,1-3H3,(H,26,29). The van der Waals surface area contributed by atoms with Gasteiger partial charge in [-0.25, -0.2) is 17.8 Å². The molecule has 0 unspecified atom stereocenters. The van der Waals surface area contributed by atoms with Crippen LogP contribution in [0.2, 0.25) is 0 Å². The number of fused-ring (bicyclic) bond motifs is 1. The van der Waals surface area contributed by atoms with Gasteiger partial charge in [0, 0.05) is 12.5 Å². The molecule has 0 radical (unpaired) electrons. The molecule has 10 heteroatoms. The molecular weight excluding hydrogens is 463 g/mol. The van der Waals surface area contributed by atoms with E-state index in [1.165, 1.54) is 29.0 Å². The second-order valence-corrected chi connectivity index (χ2v) is 11.0. The third-order valence-electron chi connectivity index (χ3n) is 5.26. The van der Waals surface area contributed by atoms with Crippen LogP contribution in [0.3, 0.4) is 0 Å². The van der Waals surface area contributed by atoms with Crippen molar-refractivity contribution in [2.24, 2.45) is 0 Å². The van der Waals surface area contributed by atoms with Gasteiger partial charge in [-0.2, -0.15) is 9.78 Å². The Kier molecular flexibility index (Phi) is 6.31. The molecule has 2 heterocycles. The van der Waals surface area contributed by atoms with E-state index in [1.807, 2.05) is 26.8 Å². The number of benzene rings is 2. The van der Waals surface area contributed by atoms with Crippen LogP contribution >= 0.6 is 11.3 Å². The molecule has 1 amide bonds. The molecule has 1 N–H and O–H groups in total. The largest absolute Gasteiger partial charge is 0.311 e. The Bertz CT molecular complexity index is 1400. The van der Waals surface area contributed by atoms with Gasteiger partial charge in [-0.1, -0.05) is 11.3 Å². The number of thiazole rings is 1. The minimum atomic E-state index is -3.59. The molecule has 0 aliphatic heterocycles. The third kappa shape index (κ3) is 5.12. The molecule has 2 aromatic carbocycles. The van der Waals surface area contributed by atoms with Gasteiger partial charge in [-0.15, -0.1) is 0 Å². The number of carbonyl (C=O) groups excluding carboxylic acids is 1. The molecule has 0 bridgehead atoms. The smallest absolute Gasteiger partial charge is 0.225 e. The van der Waals surface area contributed by atoms with Crippen LogP contribution in [0.15, 0.2) is 47.4 Å². The fourth-order valence-electron chi connectivity index (χ4n) is 3.38. The Morgan fingerprint density at radius 3 is 2.52 bits per heavy atom. The molecule has 0 atom stereocenters. The Labute approximate surface area is 195 Å². The van der Waals surface area contributed by atoms with E-state index in [1.54, 1.807) is 10.7 Å². The molecule has 4 rings (SSSR count). The molecule has 7 nitrogen and oxygen atoms in total. The van der Waals surface area contributed by atoms with Gasteiger partial charge in [0.1, 0.15) is 11.6 Å². The summed E-state index contributed by atoms with van der Waals surface area (Å²) in [6.07, 6.45) is 0.154. The van der Waals surface area contributed by atoms with E-state index in [4.69, 9.17) is 0 Å². The van der Waals surface area contributed by atoms with Crippen molar-refractivity contribution in [1.29, 1.82) is 0 Å². The van der Waals surface area contributed by atoms with Gasteiger partial charge in [0.05, 0.1) is 26.6 Å². The highest BCUT2D eigenvalue weighted by Gasteiger charge is 2.17. The molecule has 33 heavy (non-hydrogen) atoms. The zero-order chi connectivity index (χ0) is 23.8. The molecule has 0 saturated heterocycles. The highest BCUT2D eigenvalue weighted by Crippen LogP contribution is 2.29. The van der Waals surface area contributed by atoms with Gasteiger partial charge in [0.15, 0.2) is 9.84 Å². The molecular formula is C23H23FN4O3S2. The maximum atomic E-state index is 13.0. The minimum Gasteiger partial charge on any atom is -0.311 e. The van der Waals surface area contributed by atoms with Crippen molar-refractivity contribution in [2.45, 2.75) is 38.5 Å². The number of aromatic nitrogens is 3. The van der Waals surface area contributed by atoms with Crippen LogP contribution in [0.4, 0.5) is 10.2 Å². The van der Waals surface area contributed by atoms with Gasteiger partial charge in [-0.05, 0) is 74.7 Å². The van der Waals surface area contributed by atoms with Crippen molar-refractivity contribution in [1.82, 2.24) is 14.8 Å². The summed E-state index contributed by atoms with van der Waals surface area (Å²) in [5, 5.41) is 7.91. The van der Waals surface area contributed by atoms with E-state index in [2.05, 4.69) is 21.5 Å². The molecule has 0 fully saturated rings. The Morgan fingerprint density at radius 2 is 1.79 bits per heavy atom. The van der Waals surface area contributed by atoms with Crippen LogP contribution in [0, 0.1) is 26.6 Å². The quantitative estimate of drug-likeness (QED) is 0.381. The van der Waals surface area contributed by atoms with Crippen LogP contribution in [0.25, 0.3) is 15.3 Å². The number of nitrogens with one attached hydrogen (secondary N) is 1. The lowest BCUT2D eigenvalue weighted by Crippen LogP contribution is -2.16. The van der Waals surface area contributed by atoms with Crippen molar-refractivity contribution in [3.05, 3.63) is 65.1 Å². The third-order valence-corrected chi connectivity index (χ3v) is 8.07. The van der Waals surface area contributed by atoms with Gasteiger partial charge in [-0.3, -0.25) is 4.79 Å². The average molecular weight is 487 g/mol. The SMILES string of the molecule is Cc1cc(NC(=O)CCCS(=O)(=O)c2ccc(F)cc2)n(-c2nc3cc(C)c(C)cc3s2)n1. The molecule has 172 valence electrons. The number of nitrogens with zero attached hydrogens (tertiary/aromatic N) is 3. The molecule has 0 spiro atoms. The van der Waals surface area contributed by atoms with E-state index in [0.29, 0.717) is 10.9 Å². The summed E-state index contributed by atoms with van der Waals surface area (Å²) >= 11 is 1.48. The van der Waals surface area contributed by atoms with Gasteiger partial charge >= 0.3 is 0 Å². The van der Waals surface area contributed by atoms with Crippen molar-refractivity contribution < 1.29 is 17.6 Å². The first-order chi connectivity index (χ1) is 15.6. The number of carbonyl (C=O) groups is 1. The minimum absolute atomic E-state index is 0.0168. The summed E-state index contributed by atoms with van der Waals surface area (Å²) < 4.78 is 40.4. The molecule has 0 aliphatic rings. The summed E-state index contributed by atoms with van der Waals surface area (Å²) in [5.41, 5.74) is 3.92. The topological polar surface area (TPSA) is 94.0 Å². The maximum absolute atomic E-state index is 13.0. The lowest BCUT2D eigenvalue weighted by Gasteiger charge is -2.07. The second-order valence-electron chi connectivity index (χ2n) is 7.91. The van der Waals surface area contributed by atoms with Gasteiger partial charge in [0.25, 0.3) is 0 Å². The number of rotatable bonds is 7. The Hall–Kier alpha value is -3.11. The van der Waals surface area contributed by atoms with Gasteiger partial charge in [0.2, 0.25) is 11.0 Å². The van der Waals surface area contributed by atoms with E-state index in [-0.39, 0.29) is 29.4 Å². The fraction of sp³-hybridized carbons (Fsp3) is 0.261. The predicted octanol–water partition coefficient (Wildman–Crippen LogP) is 4.74. The Morgan fingerprint density at radius 1 is 1.09 bits per heavy atom. The van der Waals surface area contributed by atoms with Crippen molar-refractivity contribution in [2.75, 3.05) is 11.1 Å². The number of anilines is 1. The molecule has 4 aromatic rings. The zero-order valence-corrected chi connectivity index (χ0v) is 20.1. The summed E-state index contributed by atoms with van der Waals surface area (Å²) in [7, 11) is -3.59. The maximum Gasteiger partial charge on any atom is 0.225 e. The van der Waals surface area contributed by atoms with E-state index < -0.39 is 15.7 Å². The number of hydrogen-bond acceptors (Lipinski definition) is 6. The lowest BCUT2D eigenvalue weighted by atomic mass is 10.1. The lowest BCUT2D eigenvalue weighted by molar-refractivity contribution is -0.116. The average Bonchev–Trinajstić information content (AvgIpc) is 3.31. The number of sulfone groups is 1. The number of halogens is 1. The molecule has 2 aromatic heterocycles. The Balaban J connectivity index is 1.44. The first-order valence-electron chi connectivity index (χ1n) is 10.4. The highest BCUT2D eigenvalue weighted by atomic mass is 32.2. The summed E-state index contributed by atoms with van der Waals surface area (Å²) in [5.74, 6) is -0.552. The number of amides is 1. The van der Waals surface area contributed by atoms with Crippen LogP contribution < -0.4 is 5.32 Å². The van der Waals surface area contributed by atoms with Crippen LogP contribution in [-0.4, -0.2) is 34.8 Å². The van der Waals surface area contributed by atoms with Crippen molar-refractivity contribution >= 4 is 43.1 Å². The summed E-state index contributed by atoms with van der Waals surface area (Å²) in [4.78, 5) is 17.2. The summed E-state index contributed by atoms with van der Waals surface area (Å²) in [6.45, 7) is 5.91. The van der Waals surface area contributed by atoms with Crippen molar-refractivity contribution in [3.8, 4) is 5.13 Å². The molecule has 0 saturated carbocycles. The first-order valence-corrected chi connectivity index (χ1v) is 12.8.